The fourth-order valence-corrected chi connectivity index (χ4v) is 1.42. The molecule has 1 fully saturated rings. The van der Waals surface area contributed by atoms with Gasteiger partial charge in [0.25, 0.3) is 0 Å². The monoisotopic (exact) mass is 180 g/mol. The Morgan fingerprint density at radius 1 is 1.54 bits per heavy atom. The fraction of sp³-hybridized carbons (Fsp3) is 0.500. The maximum absolute atomic E-state index is 9.51. The third-order valence-electron chi connectivity index (χ3n) is 2.14. The van der Waals surface area contributed by atoms with Gasteiger partial charge < -0.3 is 15.1 Å². The molecule has 1 aromatic rings. The van der Waals surface area contributed by atoms with E-state index in [1.807, 2.05) is 0 Å². The molecule has 1 aliphatic heterocycles. The predicted molar refractivity (Wildman–Crippen MR) is 44.8 cm³/mol. The lowest BCUT2D eigenvalue weighted by atomic mass is 10.3. The molecule has 0 aromatic carbocycles. The van der Waals surface area contributed by atoms with E-state index >= 15 is 0 Å². The zero-order chi connectivity index (χ0) is 9.26. The summed E-state index contributed by atoms with van der Waals surface area (Å²) in [7, 11) is 0. The quantitative estimate of drug-likeness (QED) is 0.590. The average molecular weight is 180 g/mol. The Labute approximate surface area is 75.6 Å². The van der Waals surface area contributed by atoms with Gasteiger partial charge in [-0.1, -0.05) is 0 Å². The number of hydrogen-bond acceptors (Lipinski definition) is 5. The van der Waals surface area contributed by atoms with E-state index in [4.69, 9.17) is 0 Å². The second-order valence-corrected chi connectivity index (χ2v) is 2.98. The van der Waals surface area contributed by atoms with Gasteiger partial charge in [0, 0.05) is 6.54 Å². The number of anilines is 1. The van der Waals surface area contributed by atoms with Gasteiger partial charge in [-0.25, -0.2) is 0 Å². The lowest BCUT2D eigenvalue weighted by Gasteiger charge is -2.21. The molecule has 2 heterocycles. The van der Waals surface area contributed by atoms with E-state index in [2.05, 4.69) is 16.4 Å². The first-order chi connectivity index (χ1) is 6.29. The lowest BCUT2D eigenvalue weighted by Crippen LogP contribution is -2.35. The van der Waals surface area contributed by atoms with Crippen molar-refractivity contribution in [3.05, 3.63) is 18.3 Å². The molecule has 0 amide bonds. The molecule has 0 unspecified atom stereocenters. The van der Waals surface area contributed by atoms with Crippen LogP contribution < -0.4 is 4.90 Å². The molecule has 1 aromatic heterocycles. The molecule has 1 saturated heterocycles. The standard InChI is InChI=1S/C8H10N3O2/c12-6-3-5-11(8(6)13)7-2-1-4-9-10-7/h1-2,6,8,12-13H,3,5H2/t6-,8-/m1/s1. The van der Waals surface area contributed by atoms with Crippen molar-refractivity contribution in [1.82, 2.24) is 10.2 Å². The first-order valence-electron chi connectivity index (χ1n) is 4.11. The van der Waals surface area contributed by atoms with Crippen LogP contribution in [0.4, 0.5) is 5.82 Å². The first-order valence-corrected chi connectivity index (χ1v) is 4.11. The zero-order valence-corrected chi connectivity index (χ0v) is 6.96. The minimum atomic E-state index is -0.864. The number of rotatable bonds is 1. The van der Waals surface area contributed by atoms with Gasteiger partial charge >= 0.3 is 0 Å². The van der Waals surface area contributed by atoms with Gasteiger partial charge in [-0.2, -0.15) is 0 Å². The molecule has 69 valence electrons. The molecule has 5 heteroatoms. The number of hydrogen-bond donors (Lipinski definition) is 2. The molecule has 1 aliphatic rings. The van der Waals surface area contributed by atoms with Crippen LogP contribution in [0.1, 0.15) is 6.42 Å². The highest BCUT2D eigenvalue weighted by Crippen LogP contribution is 2.21. The zero-order valence-electron chi connectivity index (χ0n) is 6.96. The summed E-state index contributed by atoms with van der Waals surface area (Å²) in [5.74, 6) is 0.572. The summed E-state index contributed by atoms with van der Waals surface area (Å²) in [6.07, 6.45) is 1.55. The molecular formula is C8H10N3O2. The van der Waals surface area contributed by atoms with Crippen LogP contribution in [-0.4, -0.2) is 39.3 Å². The van der Waals surface area contributed by atoms with Gasteiger partial charge in [0.2, 0.25) is 0 Å². The average Bonchev–Trinajstić information content (AvgIpc) is 2.49. The molecule has 5 nitrogen and oxygen atoms in total. The number of aliphatic hydroxyl groups excluding tert-OH is 2. The summed E-state index contributed by atoms with van der Waals surface area (Å²) in [5.41, 5.74) is 0. The second kappa shape index (κ2) is 3.27. The van der Waals surface area contributed by atoms with Crippen molar-refractivity contribution in [1.29, 1.82) is 0 Å². The fourth-order valence-electron chi connectivity index (χ4n) is 1.42. The third kappa shape index (κ3) is 1.48. The van der Waals surface area contributed by atoms with Gasteiger partial charge in [-0.3, -0.25) is 0 Å². The first kappa shape index (κ1) is 8.40. The Balaban J connectivity index is 2.19. The highest BCUT2D eigenvalue weighted by Gasteiger charge is 2.31. The topological polar surface area (TPSA) is 69.5 Å². The number of aromatic nitrogens is 2. The van der Waals surface area contributed by atoms with Crippen molar-refractivity contribution in [3.63, 3.8) is 0 Å². The van der Waals surface area contributed by atoms with E-state index in [1.54, 1.807) is 17.0 Å². The highest BCUT2D eigenvalue weighted by atomic mass is 16.3. The summed E-state index contributed by atoms with van der Waals surface area (Å²) in [4.78, 5) is 1.62. The van der Waals surface area contributed by atoms with E-state index in [0.29, 0.717) is 18.8 Å². The van der Waals surface area contributed by atoms with Gasteiger partial charge in [0.15, 0.2) is 12.0 Å². The Kier molecular flexibility index (Phi) is 2.12. The third-order valence-corrected chi connectivity index (χ3v) is 2.14. The summed E-state index contributed by atoms with van der Waals surface area (Å²) < 4.78 is 0. The molecule has 0 bridgehead atoms. The van der Waals surface area contributed by atoms with Crippen LogP contribution in [-0.2, 0) is 0 Å². The van der Waals surface area contributed by atoms with Gasteiger partial charge in [-0.05, 0) is 18.6 Å². The maximum atomic E-state index is 9.51. The molecular weight excluding hydrogens is 170 g/mol. The molecule has 0 saturated carbocycles. The van der Waals surface area contributed by atoms with E-state index < -0.39 is 12.3 Å². The Morgan fingerprint density at radius 2 is 2.38 bits per heavy atom. The van der Waals surface area contributed by atoms with E-state index in [0.717, 1.165) is 0 Å². The van der Waals surface area contributed by atoms with Crippen molar-refractivity contribution < 1.29 is 10.2 Å². The second-order valence-electron chi connectivity index (χ2n) is 2.98. The Morgan fingerprint density at radius 3 is 2.92 bits per heavy atom. The van der Waals surface area contributed by atoms with E-state index in [9.17, 15) is 10.2 Å². The molecule has 2 rings (SSSR count). The molecule has 13 heavy (non-hydrogen) atoms. The van der Waals surface area contributed by atoms with Crippen molar-refractivity contribution in [2.45, 2.75) is 18.8 Å². The summed E-state index contributed by atoms with van der Waals surface area (Å²) in [6, 6.07) is 3.33. The maximum Gasteiger partial charge on any atom is 0.154 e. The van der Waals surface area contributed by atoms with E-state index in [1.165, 1.54) is 0 Å². The smallest absolute Gasteiger partial charge is 0.154 e. The summed E-state index contributed by atoms with van der Waals surface area (Å²) in [6.45, 7) is 0.598. The van der Waals surface area contributed by atoms with Crippen molar-refractivity contribution >= 4 is 5.82 Å². The number of nitrogens with zero attached hydrogens (tertiary/aromatic N) is 3. The highest BCUT2D eigenvalue weighted by molar-refractivity contribution is 5.38. The molecule has 0 aliphatic carbocycles. The van der Waals surface area contributed by atoms with Crippen LogP contribution in [0.2, 0.25) is 0 Å². The van der Waals surface area contributed by atoms with Gasteiger partial charge in [-0.15, -0.1) is 10.2 Å². The van der Waals surface area contributed by atoms with E-state index in [-0.39, 0.29) is 0 Å². The molecule has 2 N–H and O–H groups in total. The summed E-state index contributed by atoms with van der Waals surface area (Å²) >= 11 is 0. The lowest BCUT2D eigenvalue weighted by molar-refractivity contribution is 0.0446. The van der Waals surface area contributed by atoms with Crippen LogP contribution in [0.25, 0.3) is 0 Å². The minimum absolute atomic E-state index is 0.557. The van der Waals surface area contributed by atoms with Crippen LogP contribution >= 0.6 is 0 Å². The van der Waals surface area contributed by atoms with Crippen LogP contribution in [0.15, 0.2) is 12.1 Å². The summed E-state index contributed by atoms with van der Waals surface area (Å²) in [5, 5.41) is 26.2. The van der Waals surface area contributed by atoms with Crippen molar-refractivity contribution in [2.24, 2.45) is 0 Å². The molecule has 1 radical (unpaired) electrons. The van der Waals surface area contributed by atoms with Gasteiger partial charge in [0.1, 0.15) is 12.3 Å². The van der Waals surface area contributed by atoms with Crippen LogP contribution in [0.3, 0.4) is 0 Å². The largest absolute Gasteiger partial charge is 0.388 e. The Bertz CT molecular complexity index is 280. The van der Waals surface area contributed by atoms with Crippen LogP contribution in [0, 0.1) is 6.20 Å². The SMILES string of the molecule is O[C@@H]1CCN(c2cc[c]nn2)[C@@H]1O. The molecule has 2 atom stereocenters. The minimum Gasteiger partial charge on any atom is -0.388 e. The van der Waals surface area contributed by atoms with Crippen molar-refractivity contribution in [2.75, 3.05) is 11.4 Å². The Hall–Kier alpha value is -1.20. The normalized spacial score (nSPS) is 28.0. The molecule has 0 spiro atoms. The van der Waals surface area contributed by atoms with Crippen molar-refractivity contribution in [3.8, 4) is 0 Å². The number of aliphatic hydroxyl groups is 2. The van der Waals surface area contributed by atoms with Gasteiger partial charge in [0.05, 0.1) is 0 Å². The van der Waals surface area contributed by atoms with Crippen LogP contribution in [0.5, 0.6) is 0 Å². The predicted octanol–water partition coefficient (Wildman–Crippen LogP) is -0.834.